The zero-order valence-corrected chi connectivity index (χ0v) is 31.5. The van der Waals surface area contributed by atoms with E-state index >= 15 is 0 Å². The monoisotopic (exact) mass is 733 g/mol. The topological polar surface area (TPSA) is 64.0 Å². The maximum Gasteiger partial charge on any atom is 0.307 e. The number of fused-ring (bicyclic) bond motifs is 1. The summed E-state index contributed by atoms with van der Waals surface area (Å²) in [6.45, 7) is 7.39. The van der Waals surface area contributed by atoms with E-state index in [0.717, 1.165) is 102 Å². The number of carbonyl (C=O) groups is 1. The maximum atomic E-state index is 12.7. The van der Waals surface area contributed by atoms with Gasteiger partial charge >= 0.3 is 5.97 Å². The summed E-state index contributed by atoms with van der Waals surface area (Å²) >= 11 is 12.6. The number of hydrogen-bond acceptors (Lipinski definition) is 6. The van der Waals surface area contributed by atoms with Crippen LogP contribution in [-0.2, 0) is 16.3 Å². The number of hydrogen-bond donors (Lipinski definition) is 0. The van der Waals surface area contributed by atoms with Crippen molar-refractivity contribution < 1.29 is 14.3 Å². The smallest absolute Gasteiger partial charge is 0.307 e. The van der Waals surface area contributed by atoms with Gasteiger partial charge in [-0.25, -0.2) is 0 Å². The minimum Gasteiger partial charge on any atom is -0.494 e. The van der Waals surface area contributed by atoms with Crippen molar-refractivity contribution in [3.8, 4) is 5.75 Å². The first kappa shape index (κ1) is 40.0. The quantitative estimate of drug-likeness (QED) is 0.0617. The van der Waals surface area contributed by atoms with Crippen LogP contribution in [0.4, 0.5) is 5.69 Å². The lowest BCUT2D eigenvalue weighted by atomic mass is 10.2. The fraction of sp³-hybridized carbons (Fsp3) is 0.429. The van der Waals surface area contributed by atoms with Crippen LogP contribution in [0.15, 0.2) is 102 Å². The molecule has 274 valence electrons. The van der Waals surface area contributed by atoms with Crippen LogP contribution in [0.5, 0.6) is 5.75 Å². The Balaban J connectivity index is 1.11. The van der Waals surface area contributed by atoms with Gasteiger partial charge in [0.15, 0.2) is 6.73 Å². The van der Waals surface area contributed by atoms with Crippen LogP contribution in [0.2, 0.25) is 10.0 Å². The van der Waals surface area contributed by atoms with E-state index in [1.807, 2.05) is 36.4 Å². The molecule has 4 rings (SSSR count). The standard InChI is InChI=1S/C42H53Cl2N3O4/c1-2-3-4-5-6-7-8-9-10-11-12-13-14-15-16-22-41(49)51-34-47-39-33-36(25-23-35(39)24-26-40(47)48)50-32-18-17-27-45-28-30-46(31-29-45)38-21-19-20-37(43)42(38)44/h3-4,6-7,9-10,12-13,19-21,23-26,33H,2,5,8,11,14-18,22,27-32,34H2,1H3/b4-3-,7-6-,10-9-,13-12-. The highest BCUT2D eigenvalue weighted by Crippen LogP contribution is 2.33. The number of anilines is 1. The first-order chi connectivity index (χ1) is 25.0. The Kier molecular flexibility index (Phi) is 18.0. The minimum atomic E-state index is -0.300. The largest absolute Gasteiger partial charge is 0.494 e. The van der Waals surface area contributed by atoms with Gasteiger partial charge in [0.2, 0.25) is 0 Å². The highest BCUT2D eigenvalue weighted by Gasteiger charge is 2.19. The van der Waals surface area contributed by atoms with Crippen LogP contribution in [0.25, 0.3) is 10.9 Å². The van der Waals surface area contributed by atoms with Crippen LogP contribution in [-0.4, -0.2) is 54.8 Å². The van der Waals surface area contributed by atoms with Gasteiger partial charge in [0.1, 0.15) is 5.75 Å². The van der Waals surface area contributed by atoms with Crippen LogP contribution in [0, 0.1) is 0 Å². The molecular formula is C42H53Cl2N3O4. The number of rotatable bonds is 21. The average molecular weight is 735 g/mol. The summed E-state index contributed by atoms with van der Waals surface area (Å²) < 4.78 is 13.1. The molecular weight excluding hydrogens is 681 g/mol. The molecule has 0 radical (unpaired) electrons. The Hall–Kier alpha value is -3.78. The summed E-state index contributed by atoms with van der Waals surface area (Å²) in [4.78, 5) is 30.0. The molecule has 0 bridgehead atoms. The minimum absolute atomic E-state index is 0.119. The SMILES string of the molecule is CC/C=C\C/C=C\C/C=C\C/C=C\CCCCC(=O)OCn1c(=O)ccc2ccc(OCCCCN3CCN(c4cccc(Cl)c4Cl)CC3)cc21. The number of nitrogens with zero attached hydrogens (tertiary/aromatic N) is 3. The predicted molar refractivity (Wildman–Crippen MR) is 213 cm³/mol. The lowest BCUT2D eigenvalue weighted by Gasteiger charge is -2.36. The van der Waals surface area contributed by atoms with E-state index in [4.69, 9.17) is 32.7 Å². The van der Waals surface area contributed by atoms with Crippen molar-refractivity contribution in [1.29, 1.82) is 0 Å². The Bertz CT molecular complexity index is 1690. The van der Waals surface area contributed by atoms with E-state index in [1.165, 1.54) is 10.6 Å². The highest BCUT2D eigenvalue weighted by molar-refractivity contribution is 6.43. The fourth-order valence-electron chi connectivity index (χ4n) is 5.91. The van der Waals surface area contributed by atoms with Crippen LogP contribution < -0.4 is 15.2 Å². The summed E-state index contributed by atoms with van der Waals surface area (Å²) in [5, 5.41) is 2.09. The zero-order valence-electron chi connectivity index (χ0n) is 30.0. The first-order valence-electron chi connectivity index (χ1n) is 18.4. The predicted octanol–water partition coefficient (Wildman–Crippen LogP) is 10.2. The molecule has 0 spiro atoms. The molecule has 3 aromatic rings. The van der Waals surface area contributed by atoms with E-state index < -0.39 is 0 Å². The Morgan fingerprint density at radius 1 is 0.804 bits per heavy atom. The zero-order chi connectivity index (χ0) is 36.1. The molecule has 1 aliphatic heterocycles. The van der Waals surface area contributed by atoms with Gasteiger partial charge in [-0.05, 0) is 100 Å². The van der Waals surface area contributed by atoms with Crippen molar-refractivity contribution in [1.82, 2.24) is 9.47 Å². The van der Waals surface area contributed by atoms with Gasteiger partial charge in [-0.1, -0.05) is 84.8 Å². The lowest BCUT2D eigenvalue weighted by Crippen LogP contribution is -2.46. The Morgan fingerprint density at radius 3 is 2.25 bits per heavy atom. The molecule has 0 unspecified atom stereocenters. The van der Waals surface area contributed by atoms with Gasteiger partial charge in [-0.15, -0.1) is 0 Å². The van der Waals surface area contributed by atoms with E-state index in [-0.39, 0.29) is 18.3 Å². The van der Waals surface area contributed by atoms with Crippen molar-refractivity contribution in [2.75, 3.05) is 44.2 Å². The maximum absolute atomic E-state index is 12.7. The van der Waals surface area contributed by atoms with Crippen molar-refractivity contribution >= 4 is 45.8 Å². The molecule has 0 amide bonds. The Labute approximate surface area is 313 Å². The number of unbranched alkanes of at least 4 members (excludes halogenated alkanes) is 3. The molecule has 2 heterocycles. The molecule has 0 atom stereocenters. The molecule has 0 saturated carbocycles. The normalized spacial score (nSPS) is 14.2. The summed E-state index contributed by atoms with van der Waals surface area (Å²) in [6.07, 6.45) is 26.3. The van der Waals surface area contributed by atoms with Gasteiger partial charge in [0.05, 0.1) is 27.9 Å². The average Bonchev–Trinajstić information content (AvgIpc) is 3.14. The number of halogens is 2. The second kappa shape index (κ2) is 22.9. The van der Waals surface area contributed by atoms with Crippen LogP contribution >= 0.6 is 23.2 Å². The Morgan fingerprint density at radius 2 is 1.51 bits per heavy atom. The molecule has 2 aromatic carbocycles. The van der Waals surface area contributed by atoms with E-state index in [1.54, 1.807) is 6.07 Å². The molecule has 9 heteroatoms. The van der Waals surface area contributed by atoms with Gasteiger partial charge in [-0.2, -0.15) is 0 Å². The summed E-state index contributed by atoms with van der Waals surface area (Å²) in [5.41, 5.74) is 1.47. The summed E-state index contributed by atoms with van der Waals surface area (Å²) in [5.74, 6) is 0.391. The third kappa shape index (κ3) is 14.0. The second-order valence-electron chi connectivity index (χ2n) is 12.7. The third-order valence-corrected chi connectivity index (χ3v) is 9.63. The van der Waals surface area contributed by atoms with Gasteiger partial charge < -0.3 is 14.4 Å². The number of esters is 1. The molecule has 1 saturated heterocycles. The van der Waals surface area contributed by atoms with Crippen molar-refractivity contribution in [2.24, 2.45) is 0 Å². The fourth-order valence-corrected chi connectivity index (χ4v) is 6.32. The third-order valence-electron chi connectivity index (χ3n) is 8.82. The van der Waals surface area contributed by atoms with Gasteiger partial charge in [0.25, 0.3) is 5.56 Å². The van der Waals surface area contributed by atoms with Crippen LogP contribution in [0.3, 0.4) is 0 Å². The molecule has 1 aromatic heterocycles. The number of benzene rings is 2. The number of aromatic nitrogens is 1. The molecule has 0 N–H and O–H groups in total. The van der Waals surface area contributed by atoms with Crippen molar-refractivity contribution in [3.63, 3.8) is 0 Å². The van der Waals surface area contributed by atoms with Gasteiger partial charge in [0, 0.05) is 44.7 Å². The van der Waals surface area contributed by atoms with Crippen LogP contribution in [0.1, 0.15) is 71.1 Å². The summed E-state index contributed by atoms with van der Waals surface area (Å²) in [6, 6.07) is 14.8. The van der Waals surface area contributed by atoms with E-state index in [2.05, 4.69) is 65.3 Å². The number of carbonyl (C=O) groups excluding carboxylic acids is 1. The van der Waals surface area contributed by atoms with Crippen molar-refractivity contribution in [3.05, 3.63) is 118 Å². The molecule has 1 fully saturated rings. The van der Waals surface area contributed by atoms with Crippen molar-refractivity contribution in [2.45, 2.75) is 77.9 Å². The lowest BCUT2D eigenvalue weighted by molar-refractivity contribution is -0.147. The first-order valence-corrected chi connectivity index (χ1v) is 19.1. The molecule has 7 nitrogen and oxygen atoms in total. The van der Waals surface area contributed by atoms with E-state index in [0.29, 0.717) is 34.3 Å². The number of allylic oxidation sites excluding steroid dienone is 8. The van der Waals surface area contributed by atoms with Gasteiger partial charge in [-0.3, -0.25) is 19.1 Å². The molecule has 1 aliphatic rings. The molecule has 51 heavy (non-hydrogen) atoms. The highest BCUT2D eigenvalue weighted by atomic mass is 35.5. The van der Waals surface area contributed by atoms with E-state index in [9.17, 15) is 9.59 Å². The second-order valence-corrected chi connectivity index (χ2v) is 13.5. The number of ether oxygens (including phenoxy) is 2. The number of piperazine rings is 1. The molecule has 0 aliphatic carbocycles. The summed E-state index contributed by atoms with van der Waals surface area (Å²) in [7, 11) is 0. The number of pyridine rings is 1.